The molecule has 2 heteroatoms. The predicted octanol–water partition coefficient (Wildman–Crippen LogP) is -0.548. The Labute approximate surface area is 110 Å². The van der Waals surface area contributed by atoms with Crippen LogP contribution in [0.15, 0.2) is 30.3 Å². The SMILES string of the molecule is [Cl-].[NH3+]C[C@@H]1C2CCC(CC2)[C@@H]1c1ccccc1. The van der Waals surface area contributed by atoms with Gasteiger partial charge in [-0.3, -0.25) is 0 Å². The first kappa shape index (κ1) is 12.9. The van der Waals surface area contributed by atoms with E-state index < -0.39 is 0 Å². The molecule has 0 aromatic heterocycles. The van der Waals surface area contributed by atoms with Crippen LogP contribution in [0.5, 0.6) is 0 Å². The van der Waals surface area contributed by atoms with Crippen molar-refractivity contribution >= 4 is 0 Å². The van der Waals surface area contributed by atoms with E-state index in [0.29, 0.717) is 0 Å². The first-order chi connectivity index (χ1) is 7.90. The normalized spacial score (nSPS) is 35.4. The van der Waals surface area contributed by atoms with E-state index in [-0.39, 0.29) is 12.4 Å². The van der Waals surface area contributed by atoms with Crippen molar-refractivity contribution in [3.63, 3.8) is 0 Å². The van der Waals surface area contributed by atoms with E-state index >= 15 is 0 Å². The zero-order chi connectivity index (χ0) is 11.0. The topological polar surface area (TPSA) is 27.6 Å². The van der Waals surface area contributed by atoms with Gasteiger partial charge in [0.2, 0.25) is 0 Å². The molecule has 2 atom stereocenters. The minimum absolute atomic E-state index is 0. The van der Waals surface area contributed by atoms with Gasteiger partial charge in [0.25, 0.3) is 0 Å². The number of rotatable bonds is 2. The van der Waals surface area contributed by atoms with Gasteiger partial charge in [-0.15, -0.1) is 0 Å². The van der Waals surface area contributed by atoms with Crippen molar-refractivity contribution in [2.75, 3.05) is 6.54 Å². The van der Waals surface area contributed by atoms with Crippen molar-refractivity contribution in [2.24, 2.45) is 17.8 Å². The number of quaternary nitrogens is 1. The van der Waals surface area contributed by atoms with Crippen LogP contribution in [-0.2, 0) is 0 Å². The lowest BCUT2D eigenvalue weighted by Gasteiger charge is -2.47. The summed E-state index contributed by atoms with van der Waals surface area (Å²) in [6.45, 7) is 1.13. The summed E-state index contributed by atoms with van der Waals surface area (Å²) in [5.74, 6) is 3.58. The maximum atomic E-state index is 4.20. The third kappa shape index (κ3) is 2.23. The average Bonchev–Trinajstić information content (AvgIpc) is 2.40. The Morgan fingerprint density at radius 3 is 2.12 bits per heavy atom. The summed E-state index contributed by atoms with van der Waals surface area (Å²) in [6.07, 6.45) is 5.85. The van der Waals surface area contributed by atoms with Crippen molar-refractivity contribution in [3.05, 3.63) is 35.9 Å². The molecule has 3 N–H and O–H groups in total. The molecule has 0 spiro atoms. The quantitative estimate of drug-likeness (QED) is 0.731. The van der Waals surface area contributed by atoms with Crippen molar-refractivity contribution in [1.29, 1.82) is 0 Å². The van der Waals surface area contributed by atoms with Crippen LogP contribution < -0.4 is 18.1 Å². The lowest BCUT2D eigenvalue weighted by molar-refractivity contribution is -0.387. The highest BCUT2D eigenvalue weighted by Crippen LogP contribution is 2.52. The summed E-state index contributed by atoms with van der Waals surface area (Å²) in [5, 5.41) is 0. The molecule has 1 nitrogen and oxygen atoms in total. The highest BCUT2D eigenvalue weighted by Gasteiger charge is 2.44. The molecular weight excluding hydrogens is 230 g/mol. The van der Waals surface area contributed by atoms with Gasteiger partial charge in [-0.25, -0.2) is 0 Å². The van der Waals surface area contributed by atoms with Crippen molar-refractivity contribution in [2.45, 2.75) is 31.6 Å². The van der Waals surface area contributed by atoms with E-state index in [1.165, 1.54) is 25.7 Å². The maximum absolute atomic E-state index is 4.20. The largest absolute Gasteiger partial charge is 1.00 e. The number of hydrogen-bond acceptors (Lipinski definition) is 0. The molecule has 0 unspecified atom stereocenters. The monoisotopic (exact) mass is 251 g/mol. The van der Waals surface area contributed by atoms with Crippen LogP contribution in [0.1, 0.15) is 37.2 Å². The molecule has 0 saturated heterocycles. The van der Waals surface area contributed by atoms with Crippen LogP contribution in [0.2, 0.25) is 0 Å². The van der Waals surface area contributed by atoms with Gasteiger partial charge in [0.1, 0.15) is 0 Å². The second kappa shape index (κ2) is 5.41. The summed E-state index contributed by atoms with van der Waals surface area (Å²) in [4.78, 5) is 0. The molecule has 0 heterocycles. The first-order valence-corrected chi connectivity index (χ1v) is 6.74. The second-order valence-electron chi connectivity index (χ2n) is 5.56. The molecule has 0 radical (unpaired) electrons. The number of fused-ring (bicyclic) bond motifs is 3. The molecule has 1 aromatic carbocycles. The predicted molar refractivity (Wildman–Crippen MR) is 65.9 cm³/mol. The van der Waals surface area contributed by atoms with Crippen LogP contribution in [-0.4, -0.2) is 6.54 Å². The van der Waals surface area contributed by atoms with Gasteiger partial charge in [0.15, 0.2) is 0 Å². The van der Waals surface area contributed by atoms with Gasteiger partial charge in [-0.2, -0.15) is 0 Å². The molecule has 2 bridgehead atoms. The van der Waals surface area contributed by atoms with Crippen molar-refractivity contribution in [1.82, 2.24) is 0 Å². The highest BCUT2D eigenvalue weighted by atomic mass is 35.5. The average molecular weight is 252 g/mol. The zero-order valence-corrected chi connectivity index (χ0v) is 11.1. The summed E-state index contributed by atoms with van der Waals surface area (Å²) in [5.41, 5.74) is 5.78. The Kier molecular flexibility index (Phi) is 4.11. The van der Waals surface area contributed by atoms with Crippen molar-refractivity contribution in [3.8, 4) is 0 Å². The summed E-state index contributed by atoms with van der Waals surface area (Å²) in [7, 11) is 0. The van der Waals surface area contributed by atoms with Gasteiger partial charge in [0.05, 0.1) is 6.54 Å². The molecule has 0 aliphatic heterocycles. The van der Waals surface area contributed by atoms with E-state index in [4.69, 9.17) is 0 Å². The Morgan fingerprint density at radius 1 is 0.941 bits per heavy atom. The molecule has 3 fully saturated rings. The molecule has 3 saturated carbocycles. The molecule has 4 rings (SSSR count). The smallest absolute Gasteiger partial charge is 0.0777 e. The Hall–Kier alpha value is -0.530. The van der Waals surface area contributed by atoms with E-state index in [9.17, 15) is 0 Å². The minimum atomic E-state index is 0. The van der Waals surface area contributed by atoms with Crippen LogP contribution in [0, 0.1) is 17.8 Å². The summed E-state index contributed by atoms with van der Waals surface area (Å²) in [6, 6.07) is 11.2. The van der Waals surface area contributed by atoms with Gasteiger partial charge in [-0.1, -0.05) is 30.3 Å². The van der Waals surface area contributed by atoms with Crippen LogP contribution in [0.25, 0.3) is 0 Å². The highest BCUT2D eigenvalue weighted by molar-refractivity contribution is 5.23. The Balaban J connectivity index is 0.00000108. The Morgan fingerprint density at radius 2 is 1.53 bits per heavy atom. The fraction of sp³-hybridized carbons (Fsp3) is 0.600. The third-order valence-corrected chi connectivity index (χ3v) is 4.91. The van der Waals surface area contributed by atoms with Gasteiger partial charge in [0, 0.05) is 5.92 Å². The van der Waals surface area contributed by atoms with Crippen molar-refractivity contribution < 1.29 is 18.1 Å². The molecular formula is C15H22ClN. The number of benzene rings is 1. The van der Waals surface area contributed by atoms with Crippen LogP contribution in [0.3, 0.4) is 0 Å². The van der Waals surface area contributed by atoms with Gasteiger partial charge < -0.3 is 18.1 Å². The molecule has 94 valence electrons. The lowest BCUT2D eigenvalue weighted by Crippen LogP contribution is -3.00. The zero-order valence-electron chi connectivity index (χ0n) is 10.3. The molecule has 1 aromatic rings. The Bertz CT molecular complexity index is 343. The standard InChI is InChI=1S/C15H21N.ClH/c16-10-14-11-6-8-13(9-7-11)15(14)12-4-2-1-3-5-12;/h1-5,11,13-15H,6-10,16H2;1H/t11?,13?,14-,15+;/m1./s1. The van der Waals surface area contributed by atoms with Gasteiger partial charge in [-0.05, 0) is 49.0 Å². The van der Waals surface area contributed by atoms with E-state index in [0.717, 1.165) is 30.2 Å². The van der Waals surface area contributed by atoms with Crippen LogP contribution >= 0.6 is 0 Å². The lowest BCUT2D eigenvalue weighted by atomic mass is 9.57. The van der Waals surface area contributed by atoms with E-state index in [2.05, 4.69) is 36.1 Å². The first-order valence-electron chi connectivity index (χ1n) is 6.74. The fourth-order valence-corrected chi connectivity index (χ4v) is 4.18. The second-order valence-corrected chi connectivity index (χ2v) is 5.56. The maximum Gasteiger partial charge on any atom is 0.0777 e. The molecule has 0 amide bonds. The molecule has 3 aliphatic carbocycles. The molecule has 17 heavy (non-hydrogen) atoms. The minimum Gasteiger partial charge on any atom is -1.00 e. The summed E-state index contributed by atoms with van der Waals surface area (Å²) >= 11 is 0. The third-order valence-electron chi connectivity index (χ3n) is 4.91. The van der Waals surface area contributed by atoms with E-state index in [1.807, 2.05) is 0 Å². The summed E-state index contributed by atoms with van der Waals surface area (Å²) < 4.78 is 0. The number of hydrogen-bond donors (Lipinski definition) is 1. The molecule has 3 aliphatic rings. The number of halogens is 1. The van der Waals surface area contributed by atoms with E-state index in [1.54, 1.807) is 5.56 Å². The van der Waals surface area contributed by atoms with Crippen LogP contribution in [0.4, 0.5) is 0 Å². The fourth-order valence-electron chi connectivity index (χ4n) is 4.18. The van der Waals surface area contributed by atoms with Gasteiger partial charge >= 0.3 is 0 Å².